The molecule has 3 nitrogen and oxygen atoms in total. The number of ether oxygens (including phenoxy) is 1. The van der Waals surface area contributed by atoms with Crippen molar-refractivity contribution in [2.75, 3.05) is 0 Å². The minimum atomic E-state index is -0.690. The summed E-state index contributed by atoms with van der Waals surface area (Å²) < 4.78 is 32.2. The maximum Gasteiger partial charge on any atom is 0.144 e. The molecule has 0 aliphatic heterocycles. The molecule has 5 heteroatoms. The van der Waals surface area contributed by atoms with E-state index < -0.39 is 11.6 Å². The molecular weight excluding hydrogens is 262 g/mol. The fraction of sp³-hybridized carbons (Fsp3) is 0.0667. The van der Waals surface area contributed by atoms with Gasteiger partial charge in [0.05, 0.1) is 11.6 Å². The molecule has 0 amide bonds. The van der Waals surface area contributed by atoms with Crippen molar-refractivity contribution in [3.8, 4) is 17.9 Å². The van der Waals surface area contributed by atoms with Crippen LogP contribution < -0.4 is 4.74 Å². The Bertz CT molecular complexity index is 730. The van der Waals surface area contributed by atoms with Crippen LogP contribution in [0.4, 0.5) is 8.78 Å². The van der Waals surface area contributed by atoms with Crippen molar-refractivity contribution in [3.63, 3.8) is 0 Å². The van der Waals surface area contributed by atoms with Gasteiger partial charge in [-0.15, -0.1) is 0 Å². The summed E-state index contributed by atoms with van der Waals surface area (Å²) in [5.74, 6) is -1.22. The molecule has 0 aliphatic carbocycles. The molecule has 0 saturated carbocycles. The molecule has 2 aromatic carbocycles. The van der Waals surface area contributed by atoms with E-state index in [4.69, 9.17) is 15.3 Å². The largest absolute Gasteiger partial charge is 0.487 e. The smallest absolute Gasteiger partial charge is 0.144 e. The second-order valence-electron chi connectivity index (χ2n) is 3.93. The third kappa shape index (κ3) is 2.73. The van der Waals surface area contributed by atoms with Gasteiger partial charge in [-0.3, -0.25) is 0 Å². The molecule has 20 heavy (non-hydrogen) atoms. The first-order valence-electron chi connectivity index (χ1n) is 5.65. The lowest BCUT2D eigenvalue weighted by Gasteiger charge is -2.09. The third-order valence-electron chi connectivity index (χ3n) is 2.65. The molecule has 0 bridgehead atoms. The van der Waals surface area contributed by atoms with Crippen LogP contribution in [0, 0.1) is 34.3 Å². The van der Waals surface area contributed by atoms with Crippen LogP contribution in [0.25, 0.3) is 0 Å². The average Bonchev–Trinajstić information content (AvgIpc) is 2.46. The quantitative estimate of drug-likeness (QED) is 0.859. The van der Waals surface area contributed by atoms with Crippen LogP contribution in [0.3, 0.4) is 0 Å². The molecule has 0 N–H and O–H groups in total. The molecule has 2 rings (SSSR count). The molecule has 0 heterocycles. The first kappa shape index (κ1) is 13.5. The standard InChI is InChI=1S/C15H8F2N2O/c16-13-2-1-3-15(12(13)8-19)20-9-11-5-4-10(7-18)6-14(11)17/h1-6H,9H2. The zero-order valence-electron chi connectivity index (χ0n) is 10.2. The Hall–Kier alpha value is -2.92. The number of hydrogen-bond donors (Lipinski definition) is 0. The fourth-order valence-electron chi connectivity index (χ4n) is 1.62. The first-order valence-corrected chi connectivity index (χ1v) is 5.65. The number of halogens is 2. The molecule has 0 atom stereocenters. The number of nitrogens with zero attached hydrogens (tertiary/aromatic N) is 2. The summed E-state index contributed by atoms with van der Waals surface area (Å²) in [5.41, 5.74) is 0.202. The van der Waals surface area contributed by atoms with Gasteiger partial charge in [0, 0.05) is 5.56 Å². The van der Waals surface area contributed by atoms with Gasteiger partial charge in [0.1, 0.15) is 35.6 Å². The predicted molar refractivity (Wildman–Crippen MR) is 66.6 cm³/mol. The Balaban J connectivity index is 2.20. The zero-order valence-corrected chi connectivity index (χ0v) is 10.2. The van der Waals surface area contributed by atoms with Crippen LogP contribution in [0.15, 0.2) is 36.4 Å². The summed E-state index contributed by atoms with van der Waals surface area (Å²) in [4.78, 5) is 0. The Labute approximate surface area is 114 Å². The molecule has 0 spiro atoms. The van der Waals surface area contributed by atoms with E-state index in [1.807, 2.05) is 6.07 Å². The molecule has 98 valence electrons. The summed E-state index contributed by atoms with van der Waals surface area (Å²) in [6.45, 7) is -0.157. The van der Waals surface area contributed by atoms with Crippen molar-refractivity contribution < 1.29 is 13.5 Å². The Morgan fingerprint density at radius 1 is 1.00 bits per heavy atom. The fourth-order valence-corrected chi connectivity index (χ4v) is 1.62. The van der Waals surface area contributed by atoms with Crippen molar-refractivity contribution in [1.29, 1.82) is 10.5 Å². The van der Waals surface area contributed by atoms with E-state index in [2.05, 4.69) is 0 Å². The second-order valence-corrected chi connectivity index (χ2v) is 3.93. The predicted octanol–water partition coefficient (Wildman–Crippen LogP) is 3.29. The highest BCUT2D eigenvalue weighted by molar-refractivity contribution is 5.44. The molecule has 0 aliphatic rings. The maximum atomic E-state index is 13.6. The van der Waals surface area contributed by atoms with Crippen molar-refractivity contribution >= 4 is 0 Å². The highest BCUT2D eigenvalue weighted by Crippen LogP contribution is 2.22. The van der Waals surface area contributed by atoms with E-state index in [9.17, 15) is 8.78 Å². The number of hydrogen-bond acceptors (Lipinski definition) is 3. The monoisotopic (exact) mass is 270 g/mol. The second kappa shape index (κ2) is 5.81. The van der Waals surface area contributed by atoms with E-state index in [0.717, 1.165) is 12.1 Å². The molecule has 0 unspecified atom stereocenters. The zero-order chi connectivity index (χ0) is 14.5. The van der Waals surface area contributed by atoms with Crippen LogP contribution in [-0.4, -0.2) is 0 Å². The van der Waals surface area contributed by atoms with Gasteiger partial charge in [-0.1, -0.05) is 12.1 Å². The van der Waals surface area contributed by atoms with Gasteiger partial charge < -0.3 is 4.74 Å². The highest BCUT2D eigenvalue weighted by Gasteiger charge is 2.10. The van der Waals surface area contributed by atoms with Crippen LogP contribution >= 0.6 is 0 Å². The van der Waals surface area contributed by atoms with Crippen LogP contribution in [-0.2, 0) is 6.61 Å². The van der Waals surface area contributed by atoms with Gasteiger partial charge in [0.2, 0.25) is 0 Å². The van der Waals surface area contributed by atoms with Gasteiger partial charge >= 0.3 is 0 Å². The minimum absolute atomic E-state index is 0.0521. The number of nitriles is 2. The number of benzene rings is 2. The third-order valence-corrected chi connectivity index (χ3v) is 2.65. The van der Waals surface area contributed by atoms with Crippen molar-refractivity contribution in [2.24, 2.45) is 0 Å². The maximum absolute atomic E-state index is 13.6. The van der Waals surface area contributed by atoms with E-state index in [1.165, 1.54) is 24.3 Å². The normalized spacial score (nSPS) is 9.60. The molecule has 0 fully saturated rings. The lowest BCUT2D eigenvalue weighted by Crippen LogP contribution is -2.01. The van der Waals surface area contributed by atoms with Gasteiger partial charge in [-0.2, -0.15) is 10.5 Å². The highest BCUT2D eigenvalue weighted by atomic mass is 19.1. The summed E-state index contributed by atoms with van der Waals surface area (Å²) in [5, 5.41) is 17.5. The van der Waals surface area contributed by atoms with Gasteiger partial charge in [0.15, 0.2) is 0 Å². The summed E-state index contributed by atoms with van der Waals surface area (Å²) in [6.07, 6.45) is 0. The van der Waals surface area contributed by atoms with Crippen molar-refractivity contribution in [1.82, 2.24) is 0 Å². The molecule has 0 radical (unpaired) electrons. The van der Waals surface area contributed by atoms with Gasteiger partial charge in [-0.05, 0) is 24.3 Å². The lowest BCUT2D eigenvalue weighted by atomic mass is 10.1. The van der Waals surface area contributed by atoms with Crippen molar-refractivity contribution in [2.45, 2.75) is 6.61 Å². The Morgan fingerprint density at radius 3 is 2.45 bits per heavy atom. The number of rotatable bonds is 3. The van der Waals surface area contributed by atoms with Crippen LogP contribution in [0.5, 0.6) is 5.75 Å². The Kier molecular flexibility index (Phi) is 3.93. The van der Waals surface area contributed by atoms with E-state index in [1.54, 1.807) is 6.07 Å². The van der Waals surface area contributed by atoms with Crippen LogP contribution in [0.1, 0.15) is 16.7 Å². The summed E-state index contributed by atoms with van der Waals surface area (Å²) in [6, 6.07) is 11.5. The molecule has 2 aromatic rings. The minimum Gasteiger partial charge on any atom is -0.487 e. The van der Waals surface area contributed by atoms with Crippen LogP contribution in [0.2, 0.25) is 0 Å². The average molecular weight is 270 g/mol. The SMILES string of the molecule is N#Cc1ccc(COc2cccc(F)c2C#N)c(F)c1. The molecular formula is C15H8F2N2O. The van der Waals surface area contributed by atoms with E-state index in [0.29, 0.717) is 0 Å². The topological polar surface area (TPSA) is 56.8 Å². The first-order chi connectivity index (χ1) is 9.65. The van der Waals surface area contributed by atoms with E-state index in [-0.39, 0.29) is 29.0 Å². The summed E-state index contributed by atoms with van der Waals surface area (Å²) in [7, 11) is 0. The van der Waals surface area contributed by atoms with Gasteiger partial charge in [-0.25, -0.2) is 8.78 Å². The summed E-state index contributed by atoms with van der Waals surface area (Å²) >= 11 is 0. The molecule has 0 saturated heterocycles. The molecule has 0 aromatic heterocycles. The van der Waals surface area contributed by atoms with E-state index >= 15 is 0 Å². The van der Waals surface area contributed by atoms with Crippen molar-refractivity contribution in [3.05, 3.63) is 64.7 Å². The van der Waals surface area contributed by atoms with Gasteiger partial charge in [0.25, 0.3) is 0 Å². The Morgan fingerprint density at radius 2 is 1.80 bits per heavy atom. The lowest BCUT2D eigenvalue weighted by molar-refractivity contribution is 0.297.